The molecule has 1 fully saturated rings. The van der Waals surface area contributed by atoms with Crippen molar-refractivity contribution in [2.75, 3.05) is 13.1 Å². The number of carbonyl (C=O) groups is 2. The molecule has 0 atom stereocenters. The first-order chi connectivity index (χ1) is 13.6. The number of benzene rings is 1. The van der Waals surface area contributed by atoms with Gasteiger partial charge in [-0.3, -0.25) is 14.6 Å². The van der Waals surface area contributed by atoms with Crippen LogP contribution in [0.2, 0.25) is 0 Å². The number of hydrogen-bond acceptors (Lipinski definition) is 3. The second kappa shape index (κ2) is 9.97. The summed E-state index contributed by atoms with van der Waals surface area (Å²) in [6, 6.07) is 9.95. The summed E-state index contributed by atoms with van der Waals surface area (Å²) in [5.41, 5.74) is 1.85. The number of halogens is 1. The van der Waals surface area contributed by atoms with E-state index in [4.69, 9.17) is 0 Å². The van der Waals surface area contributed by atoms with Crippen molar-refractivity contribution in [3.8, 4) is 0 Å². The van der Waals surface area contributed by atoms with Gasteiger partial charge in [-0.15, -0.1) is 0 Å². The zero-order chi connectivity index (χ0) is 19.8. The lowest BCUT2D eigenvalue weighted by Gasteiger charge is -2.25. The molecule has 0 radical (unpaired) electrons. The minimum Gasteiger partial charge on any atom is -0.342 e. The van der Waals surface area contributed by atoms with Gasteiger partial charge in [-0.2, -0.15) is 0 Å². The number of hydrogen-bond donors (Lipinski definition) is 0. The fourth-order valence-electron chi connectivity index (χ4n) is 3.41. The second-order valence-electron chi connectivity index (χ2n) is 7.17. The Hall–Kier alpha value is -2.76. The Kier molecular flexibility index (Phi) is 7.12. The topological polar surface area (TPSA) is 53.5 Å². The molecule has 1 saturated heterocycles. The van der Waals surface area contributed by atoms with Crippen molar-refractivity contribution in [1.82, 2.24) is 14.8 Å². The molecule has 1 aromatic heterocycles. The molecule has 6 heteroatoms. The molecule has 3 rings (SSSR count). The summed E-state index contributed by atoms with van der Waals surface area (Å²) in [5, 5.41) is 0. The van der Waals surface area contributed by atoms with E-state index in [0.717, 1.165) is 36.9 Å². The fourth-order valence-corrected chi connectivity index (χ4v) is 3.41. The van der Waals surface area contributed by atoms with Crippen molar-refractivity contribution in [3.05, 3.63) is 65.7 Å². The first-order valence-corrected chi connectivity index (χ1v) is 9.81. The number of rotatable bonds is 7. The Morgan fingerprint density at radius 2 is 1.68 bits per heavy atom. The summed E-state index contributed by atoms with van der Waals surface area (Å²) < 4.78 is 13.2. The maximum atomic E-state index is 13.2. The Balaban J connectivity index is 1.66. The average Bonchev–Trinajstić information content (AvgIpc) is 2.92. The van der Waals surface area contributed by atoms with Gasteiger partial charge in [0.05, 0.1) is 0 Å². The Morgan fingerprint density at radius 1 is 1.00 bits per heavy atom. The molecule has 1 aliphatic rings. The number of nitrogens with zero attached hydrogens (tertiary/aromatic N) is 3. The normalized spacial score (nSPS) is 14.6. The summed E-state index contributed by atoms with van der Waals surface area (Å²) in [6.07, 6.45) is 7.26. The van der Waals surface area contributed by atoms with E-state index in [1.54, 1.807) is 29.4 Å². The zero-order valence-corrected chi connectivity index (χ0v) is 16.0. The molecule has 1 aliphatic heterocycles. The zero-order valence-electron chi connectivity index (χ0n) is 16.0. The highest BCUT2D eigenvalue weighted by Crippen LogP contribution is 2.15. The minimum atomic E-state index is -0.296. The van der Waals surface area contributed by atoms with Crippen molar-refractivity contribution in [2.24, 2.45) is 0 Å². The van der Waals surface area contributed by atoms with Gasteiger partial charge in [0.1, 0.15) is 5.82 Å². The van der Waals surface area contributed by atoms with E-state index < -0.39 is 0 Å². The average molecular weight is 383 g/mol. The van der Waals surface area contributed by atoms with Crippen LogP contribution in [0.15, 0.2) is 48.8 Å². The summed E-state index contributed by atoms with van der Waals surface area (Å²) >= 11 is 0. The van der Waals surface area contributed by atoms with E-state index in [1.807, 2.05) is 17.0 Å². The first-order valence-electron chi connectivity index (χ1n) is 9.81. The lowest BCUT2D eigenvalue weighted by atomic mass is 10.1. The SMILES string of the molecule is O=C1CCCCCN1CCC(=O)N(Cc1ccncc1)Cc1ccc(F)cc1. The fraction of sp³-hybridized carbons (Fsp3) is 0.409. The summed E-state index contributed by atoms with van der Waals surface area (Å²) in [7, 11) is 0. The van der Waals surface area contributed by atoms with Crippen LogP contribution in [0, 0.1) is 5.82 Å². The van der Waals surface area contributed by atoms with E-state index in [-0.39, 0.29) is 24.1 Å². The van der Waals surface area contributed by atoms with Crippen LogP contribution < -0.4 is 0 Å². The van der Waals surface area contributed by atoms with Crippen LogP contribution in [-0.2, 0) is 22.7 Å². The number of pyridine rings is 1. The van der Waals surface area contributed by atoms with Gasteiger partial charge in [-0.1, -0.05) is 18.6 Å². The number of aromatic nitrogens is 1. The van der Waals surface area contributed by atoms with Crippen LogP contribution in [0.3, 0.4) is 0 Å². The van der Waals surface area contributed by atoms with Crippen LogP contribution >= 0.6 is 0 Å². The molecule has 0 N–H and O–H groups in total. The molecule has 5 nitrogen and oxygen atoms in total. The van der Waals surface area contributed by atoms with Crippen molar-refractivity contribution >= 4 is 11.8 Å². The molecule has 1 aromatic carbocycles. The van der Waals surface area contributed by atoms with Crippen LogP contribution in [0.4, 0.5) is 4.39 Å². The summed E-state index contributed by atoms with van der Waals surface area (Å²) in [4.78, 5) is 32.7. The predicted octanol–water partition coefficient (Wildman–Crippen LogP) is 3.54. The molecule has 2 heterocycles. The molecule has 28 heavy (non-hydrogen) atoms. The molecule has 0 unspecified atom stereocenters. The van der Waals surface area contributed by atoms with Gasteiger partial charge in [-0.05, 0) is 48.2 Å². The third-order valence-electron chi connectivity index (χ3n) is 5.03. The van der Waals surface area contributed by atoms with Gasteiger partial charge < -0.3 is 9.80 Å². The van der Waals surface area contributed by atoms with Crippen molar-refractivity contribution in [3.63, 3.8) is 0 Å². The molecule has 148 valence electrons. The van der Waals surface area contributed by atoms with E-state index >= 15 is 0 Å². The van der Waals surface area contributed by atoms with Crippen LogP contribution in [0.25, 0.3) is 0 Å². The largest absolute Gasteiger partial charge is 0.342 e. The van der Waals surface area contributed by atoms with E-state index in [0.29, 0.717) is 26.1 Å². The Morgan fingerprint density at radius 3 is 2.39 bits per heavy atom. The standard InChI is InChI=1S/C22H26FN3O2/c23-20-7-5-18(6-8-20)16-26(17-19-9-12-24-13-10-19)22(28)11-15-25-14-3-1-2-4-21(25)27/h5-10,12-13H,1-4,11,14-17H2. The van der Waals surface area contributed by atoms with Gasteiger partial charge in [0, 0.05) is 51.4 Å². The lowest BCUT2D eigenvalue weighted by Crippen LogP contribution is -2.36. The number of amides is 2. The van der Waals surface area contributed by atoms with Crippen molar-refractivity contribution in [1.29, 1.82) is 0 Å². The van der Waals surface area contributed by atoms with Gasteiger partial charge in [0.15, 0.2) is 0 Å². The molecule has 2 amide bonds. The number of carbonyl (C=O) groups excluding carboxylic acids is 2. The third kappa shape index (κ3) is 5.87. The summed E-state index contributed by atoms with van der Waals surface area (Å²) in [6.45, 7) is 2.03. The maximum absolute atomic E-state index is 13.2. The van der Waals surface area contributed by atoms with Crippen LogP contribution in [-0.4, -0.2) is 39.7 Å². The predicted molar refractivity (Wildman–Crippen MR) is 105 cm³/mol. The Labute approximate surface area is 165 Å². The maximum Gasteiger partial charge on any atom is 0.224 e. The monoisotopic (exact) mass is 383 g/mol. The van der Waals surface area contributed by atoms with Crippen LogP contribution in [0.1, 0.15) is 43.2 Å². The first kappa shape index (κ1) is 20.0. The molecule has 0 bridgehead atoms. The minimum absolute atomic E-state index is 0.0156. The van der Waals surface area contributed by atoms with E-state index in [9.17, 15) is 14.0 Å². The van der Waals surface area contributed by atoms with Gasteiger partial charge >= 0.3 is 0 Å². The highest BCUT2D eigenvalue weighted by molar-refractivity contribution is 5.79. The van der Waals surface area contributed by atoms with Crippen molar-refractivity contribution < 1.29 is 14.0 Å². The molecular formula is C22H26FN3O2. The summed E-state index contributed by atoms with van der Waals surface area (Å²) in [5.74, 6) is -0.168. The molecular weight excluding hydrogens is 357 g/mol. The van der Waals surface area contributed by atoms with Gasteiger partial charge in [0.25, 0.3) is 0 Å². The molecule has 2 aromatic rings. The highest BCUT2D eigenvalue weighted by atomic mass is 19.1. The lowest BCUT2D eigenvalue weighted by molar-refractivity contribution is -0.135. The quantitative estimate of drug-likeness (QED) is 0.735. The molecule has 0 aliphatic carbocycles. The second-order valence-corrected chi connectivity index (χ2v) is 7.17. The van der Waals surface area contributed by atoms with Crippen LogP contribution in [0.5, 0.6) is 0 Å². The smallest absolute Gasteiger partial charge is 0.224 e. The van der Waals surface area contributed by atoms with E-state index in [2.05, 4.69) is 4.98 Å². The van der Waals surface area contributed by atoms with Crippen molar-refractivity contribution in [2.45, 2.75) is 45.2 Å². The Bertz CT molecular complexity index is 780. The van der Waals surface area contributed by atoms with Gasteiger partial charge in [-0.25, -0.2) is 4.39 Å². The molecule has 0 saturated carbocycles. The number of likely N-dealkylation sites (tertiary alicyclic amines) is 1. The third-order valence-corrected chi connectivity index (χ3v) is 5.03. The highest BCUT2D eigenvalue weighted by Gasteiger charge is 2.20. The van der Waals surface area contributed by atoms with E-state index in [1.165, 1.54) is 12.1 Å². The molecule has 0 spiro atoms. The van der Waals surface area contributed by atoms with Gasteiger partial charge in [0.2, 0.25) is 11.8 Å².